The summed E-state index contributed by atoms with van der Waals surface area (Å²) in [5.74, 6) is 0.245. The van der Waals surface area contributed by atoms with Gasteiger partial charge in [-0.15, -0.1) is 0 Å². The molecule has 166 valence electrons. The number of carbonyl (C=O) groups is 2. The van der Waals surface area contributed by atoms with Gasteiger partial charge in [-0.3, -0.25) is 9.59 Å². The lowest BCUT2D eigenvalue weighted by Gasteiger charge is -2.40. The van der Waals surface area contributed by atoms with E-state index in [1.165, 1.54) is 0 Å². The van der Waals surface area contributed by atoms with Crippen LogP contribution in [0.2, 0.25) is 0 Å². The predicted molar refractivity (Wildman–Crippen MR) is 120 cm³/mol. The highest BCUT2D eigenvalue weighted by atomic mass is 16.5. The van der Waals surface area contributed by atoms with Gasteiger partial charge in [0, 0.05) is 18.5 Å². The van der Waals surface area contributed by atoms with E-state index in [1.54, 1.807) is 31.2 Å². The molecule has 6 nitrogen and oxygen atoms in total. The van der Waals surface area contributed by atoms with Crippen molar-refractivity contribution in [1.29, 1.82) is 0 Å². The zero-order valence-corrected chi connectivity index (χ0v) is 18.3. The van der Waals surface area contributed by atoms with Crippen LogP contribution in [0.1, 0.15) is 51.5 Å². The largest absolute Gasteiger partial charge is 0.493 e. The van der Waals surface area contributed by atoms with Gasteiger partial charge >= 0.3 is 5.97 Å². The number of amides is 1. The van der Waals surface area contributed by atoms with Crippen molar-refractivity contribution < 1.29 is 24.2 Å². The fourth-order valence-corrected chi connectivity index (χ4v) is 3.83. The van der Waals surface area contributed by atoms with Crippen molar-refractivity contribution in [2.75, 3.05) is 18.1 Å². The Morgan fingerprint density at radius 2 is 1.84 bits per heavy atom. The summed E-state index contributed by atoms with van der Waals surface area (Å²) in [5.41, 5.74) is 0.383. The number of unbranched alkanes of at least 4 members (excludes halogenated alkanes) is 3. The molecule has 0 fully saturated rings. The summed E-state index contributed by atoms with van der Waals surface area (Å²) < 4.78 is 12.0. The molecule has 0 aromatic heterocycles. The fourth-order valence-electron chi connectivity index (χ4n) is 3.83. The van der Waals surface area contributed by atoms with Crippen LogP contribution in [-0.2, 0) is 16.0 Å². The SMILES string of the molecule is CCCCCCN1C(=O)[C@](C)(CCOc2ccccc2CC(=O)O)Oc2ccccc21. The Balaban J connectivity index is 1.71. The number of anilines is 1. The number of carbonyl (C=O) groups excluding carboxylic acids is 1. The molecule has 1 atom stereocenters. The van der Waals surface area contributed by atoms with Gasteiger partial charge < -0.3 is 19.5 Å². The van der Waals surface area contributed by atoms with Gasteiger partial charge in [-0.1, -0.05) is 56.5 Å². The molecule has 0 aliphatic carbocycles. The quantitative estimate of drug-likeness (QED) is 0.521. The fraction of sp³-hybridized carbons (Fsp3) is 0.440. The second kappa shape index (κ2) is 10.3. The summed E-state index contributed by atoms with van der Waals surface area (Å²) in [5, 5.41) is 9.10. The number of rotatable bonds is 11. The van der Waals surface area contributed by atoms with Gasteiger partial charge in [-0.2, -0.15) is 0 Å². The number of hydrogen-bond acceptors (Lipinski definition) is 4. The molecule has 1 aliphatic heterocycles. The maximum atomic E-state index is 13.4. The van der Waals surface area contributed by atoms with Gasteiger partial charge in [0.2, 0.25) is 0 Å². The second-order valence-electron chi connectivity index (χ2n) is 8.09. The van der Waals surface area contributed by atoms with Crippen LogP contribution >= 0.6 is 0 Å². The molecule has 3 rings (SSSR count). The zero-order valence-electron chi connectivity index (χ0n) is 18.3. The minimum atomic E-state index is -1.04. The van der Waals surface area contributed by atoms with Crippen LogP contribution in [0.4, 0.5) is 5.69 Å². The van der Waals surface area contributed by atoms with Crippen molar-refractivity contribution in [1.82, 2.24) is 0 Å². The van der Waals surface area contributed by atoms with Crippen molar-refractivity contribution in [2.24, 2.45) is 0 Å². The van der Waals surface area contributed by atoms with Crippen molar-refractivity contribution in [3.05, 3.63) is 54.1 Å². The average Bonchev–Trinajstić information content (AvgIpc) is 2.74. The maximum Gasteiger partial charge on any atom is 0.307 e. The average molecular weight is 426 g/mol. The Morgan fingerprint density at radius 3 is 2.61 bits per heavy atom. The van der Waals surface area contributed by atoms with Crippen LogP contribution < -0.4 is 14.4 Å². The topological polar surface area (TPSA) is 76.1 Å². The summed E-state index contributed by atoms with van der Waals surface area (Å²) >= 11 is 0. The van der Waals surface area contributed by atoms with E-state index < -0.39 is 11.6 Å². The summed E-state index contributed by atoms with van der Waals surface area (Å²) in [6, 6.07) is 14.7. The lowest BCUT2D eigenvalue weighted by Crippen LogP contribution is -2.55. The minimum absolute atomic E-state index is 0.0647. The molecular weight excluding hydrogens is 394 g/mol. The molecule has 2 aromatic carbocycles. The van der Waals surface area contributed by atoms with Crippen LogP contribution in [0, 0.1) is 0 Å². The van der Waals surface area contributed by atoms with Crippen LogP contribution in [0.25, 0.3) is 0 Å². The molecule has 1 heterocycles. The molecule has 0 spiro atoms. The Labute approximate surface area is 183 Å². The molecule has 0 bridgehead atoms. The summed E-state index contributed by atoms with van der Waals surface area (Å²) in [6.07, 6.45) is 4.58. The number of aliphatic carboxylic acids is 1. The lowest BCUT2D eigenvalue weighted by atomic mass is 9.97. The number of hydrogen-bond donors (Lipinski definition) is 1. The van der Waals surface area contributed by atoms with Crippen molar-refractivity contribution in [3.63, 3.8) is 0 Å². The number of benzene rings is 2. The standard InChI is InChI=1S/C25H31NO5/c1-3-4-5-10-16-26-20-12-7-9-14-22(20)31-25(2,24(26)29)15-17-30-21-13-8-6-11-19(21)18-23(27)28/h6-9,11-14H,3-5,10,15-18H2,1-2H3,(H,27,28)/t25-/m0/s1. The summed E-state index contributed by atoms with van der Waals surface area (Å²) in [7, 11) is 0. The Bertz CT molecular complexity index is 912. The Hall–Kier alpha value is -3.02. The third kappa shape index (κ3) is 5.57. The molecular formula is C25H31NO5. The van der Waals surface area contributed by atoms with E-state index in [-0.39, 0.29) is 18.9 Å². The number of para-hydroxylation sites is 3. The van der Waals surface area contributed by atoms with Gasteiger partial charge in [-0.05, 0) is 31.5 Å². The monoisotopic (exact) mass is 425 g/mol. The molecule has 0 saturated carbocycles. The third-order valence-electron chi connectivity index (χ3n) is 5.58. The normalized spacial score (nSPS) is 17.7. The molecule has 1 amide bonds. The molecule has 6 heteroatoms. The smallest absolute Gasteiger partial charge is 0.307 e. The number of carboxylic acids is 1. The van der Waals surface area contributed by atoms with Gasteiger partial charge in [-0.25, -0.2) is 0 Å². The first kappa shape index (κ1) is 22.7. The number of carboxylic acid groups (broad SMARTS) is 1. The summed E-state index contributed by atoms with van der Waals surface area (Å²) in [4.78, 5) is 26.3. The first-order chi connectivity index (χ1) is 14.9. The molecule has 0 saturated heterocycles. The number of nitrogens with zero attached hydrogens (tertiary/aromatic N) is 1. The van der Waals surface area contributed by atoms with Gasteiger partial charge in [0.15, 0.2) is 5.60 Å². The highest BCUT2D eigenvalue weighted by molar-refractivity contribution is 6.02. The number of ether oxygens (including phenoxy) is 2. The predicted octanol–water partition coefficient (Wildman–Crippen LogP) is 4.85. The van der Waals surface area contributed by atoms with Crippen LogP contribution in [0.15, 0.2) is 48.5 Å². The first-order valence-electron chi connectivity index (χ1n) is 11.0. The molecule has 0 unspecified atom stereocenters. The van der Waals surface area contributed by atoms with Gasteiger partial charge in [0.1, 0.15) is 11.5 Å². The lowest BCUT2D eigenvalue weighted by molar-refractivity contribution is -0.136. The van der Waals surface area contributed by atoms with Crippen molar-refractivity contribution in [2.45, 2.75) is 58.0 Å². The summed E-state index contributed by atoms with van der Waals surface area (Å²) in [6.45, 7) is 4.87. The van der Waals surface area contributed by atoms with E-state index in [0.29, 0.717) is 30.0 Å². The molecule has 2 aromatic rings. The van der Waals surface area contributed by atoms with Gasteiger partial charge in [0.25, 0.3) is 5.91 Å². The van der Waals surface area contributed by atoms with Gasteiger partial charge in [0.05, 0.1) is 18.7 Å². The highest BCUT2D eigenvalue weighted by Gasteiger charge is 2.44. The van der Waals surface area contributed by atoms with Crippen LogP contribution in [0.5, 0.6) is 11.5 Å². The Kier molecular flexibility index (Phi) is 7.55. The Morgan fingerprint density at radius 1 is 1.10 bits per heavy atom. The van der Waals surface area contributed by atoms with Crippen molar-refractivity contribution >= 4 is 17.6 Å². The van der Waals surface area contributed by atoms with Crippen molar-refractivity contribution in [3.8, 4) is 11.5 Å². The van der Waals surface area contributed by atoms with Crippen LogP contribution in [-0.4, -0.2) is 35.7 Å². The van der Waals surface area contributed by atoms with E-state index in [1.807, 2.05) is 29.2 Å². The highest BCUT2D eigenvalue weighted by Crippen LogP contribution is 2.39. The third-order valence-corrected chi connectivity index (χ3v) is 5.58. The minimum Gasteiger partial charge on any atom is -0.493 e. The van der Waals surface area contributed by atoms with E-state index in [0.717, 1.165) is 31.4 Å². The van der Waals surface area contributed by atoms with E-state index in [4.69, 9.17) is 14.6 Å². The maximum absolute atomic E-state index is 13.4. The second-order valence-corrected chi connectivity index (χ2v) is 8.09. The molecule has 1 N–H and O–H groups in total. The molecule has 0 radical (unpaired) electrons. The van der Waals surface area contributed by atoms with E-state index in [9.17, 15) is 9.59 Å². The van der Waals surface area contributed by atoms with Crippen LogP contribution in [0.3, 0.4) is 0 Å². The van der Waals surface area contributed by atoms with E-state index >= 15 is 0 Å². The molecule has 31 heavy (non-hydrogen) atoms. The zero-order chi connectivity index (χ0) is 22.3. The number of fused-ring (bicyclic) bond motifs is 1. The van der Waals surface area contributed by atoms with E-state index in [2.05, 4.69) is 6.92 Å². The first-order valence-corrected chi connectivity index (χ1v) is 11.0. The molecule has 1 aliphatic rings.